The van der Waals surface area contributed by atoms with Gasteiger partial charge in [0.1, 0.15) is 0 Å². The Labute approximate surface area is 70.4 Å². The fourth-order valence-electron chi connectivity index (χ4n) is 0.679. The zero-order valence-electron chi connectivity index (χ0n) is 6.41. The van der Waals surface area contributed by atoms with Gasteiger partial charge in [-0.2, -0.15) is 0 Å². The average molecular weight is 166 g/mol. The van der Waals surface area contributed by atoms with Gasteiger partial charge < -0.3 is 0 Å². The second-order valence-corrected chi connectivity index (χ2v) is 3.15. The van der Waals surface area contributed by atoms with Crippen molar-refractivity contribution in [3.8, 4) is 0 Å². The van der Waals surface area contributed by atoms with Gasteiger partial charge in [0.15, 0.2) is 5.78 Å². The van der Waals surface area contributed by atoms with Crippen LogP contribution < -0.4 is 0 Å². The number of ketones is 1. The van der Waals surface area contributed by atoms with E-state index in [0.29, 0.717) is 6.42 Å². The molecule has 0 fully saturated rings. The van der Waals surface area contributed by atoms with Crippen molar-refractivity contribution < 1.29 is 4.79 Å². The van der Waals surface area contributed by atoms with Crippen LogP contribution in [0.2, 0.25) is 0 Å². The first kappa shape index (κ1) is 8.21. The summed E-state index contributed by atoms with van der Waals surface area (Å²) >= 11 is 1.64. The molecule has 0 saturated heterocycles. The SMILES string of the molecule is CCC(=O)C=Cc1cccs1. The van der Waals surface area contributed by atoms with Crippen LogP contribution in [0.25, 0.3) is 6.08 Å². The van der Waals surface area contributed by atoms with E-state index < -0.39 is 0 Å². The predicted molar refractivity (Wildman–Crippen MR) is 48.7 cm³/mol. The predicted octanol–water partition coefficient (Wildman–Crippen LogP) is 2.74. The summed E-state index contributed by atoms with van der Waals surface area (Å²) in [6.07, 6.45) is 4.07. The third kappa shape index (κ3) is 2.68. The molecule has 58 valence electrons. The molecule has 0 spiro atoms. The van der Waals surface area contributed by atoms with E-state index in [1.54, 1.807) is 17.4 Å². The van der Waals surface area contributed by atoms with E-state index in [1.807, 2.05) is 30.5 Å². The molecule has 0 bridgehead atoms. The minimum absolute atomic E-state index is 0.179. The molecule has 1 rings (SSSR count). The quantitative estimate of drug-likeness (QED) is 0.631. The van der Waals surface area contributed by atoms with Gasteiger partial charge in [0.25, 0.3) is 0 Å². The van der Waals surface area contributed by atoms with E-state index in [1.165, 1.54) is 0 Å². The maximum absolute atomic E-state index is 10.8. The highest BCUT2D eigenvalue weighted by atomic mass is 32.1. The van der Waals surface area contributed by atoms with Gasteiger partial charge in [-0.15, -0.1) is 11.3 Å². The summed E-state index contributed by atoms with van der Waals surface area (Å²) in [5.41, 5.74) is 0. The maximum Gasteiger partial charge on any atom is 0.155 e. The summed E-state index contributed by atoms with van der Waals surface area (Å²) in [5, 5.41) is 2.00. The molecule has 0 aliphatic rings. The summed E-state index contributed by atoms with van der Waals surface area (Å²) in [6, 6.07) is 3.96. The highest BCUT2D eigenvalue weighted by Crippen LogP contribution is 2.10. The number of carbonyl (C=O) groups is 1. The second-order valence-electron chi connectivity index (χ2n) is 2.17. The number of thiophene rings is 1. The summed E-state index contributed by atoms with van der Waals surface area (Å²) in [7, 11) is 0. The van der Waals surface area contributed by atoms with Crippen molar-refractivity contribution in [3.63, 3.8) is 0 Å². The van der Waals surface area contributed by atoms with Crippen molar-refractivity contribution in [3.05, 3.63) is 28.5 Å². The van der Waals surface area contributed by atoms with Crippen molar-refractivity contribution in [2.24, 2.45) is 0 Å². The summed E-state index contributed by atoms with van der Waals surface area (Å²) in [5.74, 6) is 0.179. The summed E-state index contributed by atoms with van der Waals surface area (Å²) in [6.45, 7) is 1.86. The van der Waals surface area contributed by atoms with Crippen LogP contribution in [0.15, 0.2) is 23.6 Å². The van der Waals surface area contributed by atoms with Crippen molar-refractivity contribution in [1.82, 2.24) is 0 Å². The van der Waals surface area contributed by atoms with Crippen LogP contribution in [-0.4, -0.2) is 5.78 Å². The van der Waals surface area contributed by atoms with Gasteiger partial charge >= 0.3 is 0 Å². The zero-order valence-corrected chi connectivity index (χ0v) is 7.23. The molecule has 1 aromatic rings. The molecule has 1 nitrogen and oxygen atoms in total. The van der Waals surface area contributed by atoms with E-state index in [0.717, 1.165) is 4.88 Å². The van der Waals surface area contributed by atoms with Crippen molar-refractivity contribution >= 4 is 23.2 Å². The molecule has 0 aliphatic carbocycles. The molecule has 0 aliphatic heterocycles. The average Bonchev–Trinajstić information content (AvgIpc) is 2.52. The van der Waals surface area contributed by atoms with E-state index in [9.17, 15) is 4.79 Å². The zero-order chi connectivity index (χ0) is 8.10. The first-order chi connectivity index (χ1) is 5.33. The highest BCUT2D eigenvalue weighted by Gasteiger charge is 1.90. The van der Waals surface area contributed by atoms with Crippen LogP contribution in [0, 0.1) is 0 Å². The van der Waals surface area contributed by atoms with Crippen LogP contribution in [0.1, 0.15) is 18.2 Å². The first-order valence-corrected chi connectivity index (χ1v) is 4.45. The van der Waals surface area contributed by atoms with Gasteiger partial charge in [-0.3, -0.25) is 4.79 Å². The Morgan fingerprint density at radius 2 is 2.55 bits per heavy atom. The summed E-state index contributed by atoms with van der Waals surface area (Å²) in [4.78, 5) is 12.0. The lowest BCUT2D eigenvalue weighted by atomic mass is 10.3. The van der Waals surface area contributed by atoms with Gasteiger partial charge in [-0.1, -0.05) is 13.0 Å². The number of allylic oxidation sites excluding steroid dienone is 1. The molecule has 0 N–H and O–H groups in total. The van der Waals surface area contributed by atoms with Crippen LogP contribution in [0.4, 0.5) is 0 Å². The Morgan fingerprint density at radius 3 is 3.09 bits per heavy atom. The van der Waals surface area contributed by atoms with E-state index in [2.05, 4.69) is 0 Å². The Hall–Kier alpha value is -0.890. The van der Waals surface area contributed by atoms with Crippen LogP contribution >= 0.6 is 11.3 Å². The number of rotatable bonds is 3. The molecule has 0 saturated carbocycles. The largest absolute Gasteiger partial charge is 0.295 e. The number of carbonyl (C=O) groups excluding carboxylic acids is 1. The molecular formula is C9H10OS. The Balaban J connectivity index is 2.55. The molecule has 0 amide bonds. The van der Waals surface area contributed by atoms with Gasteiger partial charge in [0, 0.05) is 11.3 Å². The van der Waals surface area contributed by atoms with Gasteiger partial charge in [-0.25, -0.2) is 0 Å². The first-order valence-electron chi connectivity index (χ1n) is 3.57. The minimum Gasteiger partial charge on any atom is -0.295 e. The van der Waals surface area contributed by atoms with E-state index >= 15 is 0 Å². The third-order valence-electron chi connectivity index (χ3n) is 1.33. The van der Waals surface area contributed by atoms with Gasteiger partial charge in [0.05, 0.1) is 0 Å². The molecule has 1 aromatic heterocycles. The molecule has 0 aromatic carbocycles. The normalized spacial score (nSPS) is 10.6. The van der Waals surface area contributed by atoms with E-state index in [4.69, 9.17) is 0 Å². The molecule has 11 heavy (non-hydrogen) atoms. The standard InChI is InChI=1S/C9H10OS/c1-2-8(10)5-6-9-4-3-7-11-9/h3-7H,2H2,1H3. The maximum atomic E-state index is 10.8. The van der Waals surface area contributed by atoms with Crippen molar-refractivity contribution in [1.29, 1.82) is 0 Å². The smallest absolute Gasteiger partial charge is 0.155 e. The molecule has 1 heterocycles. The molecular weight excluding hydrogens is 156 g/mol. The fourth-order valence-corrected chi connectivity index (χ4v) is 1.30. The lowest BCUT2D eigenvalue weighted by Gasteiger charge is -1.83. The topological polar surface area (TPSA) is 17.1 Å². The molecule has 0 unspecified atom stereocenters. The molecule has 0 radical (unpaired) electrons. The third-order valence-corrected chi connectivity index (χ3v) is 2.16. The fraction of sp³-hybridized carbons (Fsp3) is 0.222. The second kappa shape index (κ2) is 4.09. The van der Waals surface area contributed by atoms with Crippen molar-refractivity contribution in [2.45, 2.75) is 13.3 Å². The van der Waals surface area contributed by atoms with Crippen LogP contribution in [0.3, 0.4) is 0 Å². The van der Waals surface area contributed by atoms with Crippen LogP contribution in [0.5, 0.6) is 0 Å². The minimum atomic E-state index is 0.179. The lowest BCUT2D eigenvalue weighted by molar-refractivity contribution is -0.114. The van der Waals surface area contributed by atoms with Crippen molar-refractivity contribution in [2.75, 3.05) is 0 Å². The lowest BCUT2D eigenvalue weighted by Crippen LogP contribution is -1.85. The van der Waals surface area contributed by atoms with Crippen LogP contribution in [-0.2, 0) is 4.79 Å². The highest BCUT2D eigenvalue weighted by molar-refractivity contribution is 7.10. The number of hydrogen-bond acceptors (Lipinski definition) is 2. The molecule has 2 heteroatoms. The Kier molecular flexibility index (Phi) is 3.05. The summed E-state index contributed by atoms with van der Waals surface area (Å²) < 4.78 is 0. The van der Waals surface area contributed by atoms with Gasteiger partial charge in [0.2, 0.25) is 0 Å². The molecule has 0 atom stereocenters. The monoisotopic (exact) mass is 166 g/mol. The Morgan fingerprint density at radius 1 is 1.73 bits per heavy atom. The van der Waals surface area contributed by atoms with E-state index in [-0.39, 0.29) is 5.78 Å². The van der Waals surface area contributed by atoms with Gasteiger partial charge in [-0.05, 0) is 23.6 Å². The Bertz CT molecular complexity index is 247. The number of hydrogen-bond donors (Lipinski definition) is 0.